The van der Waals surface area contributed by atoms with Crippen molar-refractivity contribution in [1.29, 1.82) is 0 Å². The molecule has 0 aliphatic carbocycles. The van der Waals surface area contributed by atoms with Crippen molar-refractivity contribution in [2.45, 2.75) is 32.6 Å². The van der Waals surface area contributed by atoms with Crippen LogP contribution >= 0.6 is 0 Å². The molecule has 0 saturated carbocycles. The maximum Gasteiger partial charge on any atom is 0.111 e. The van der Waals surface area contributed by atoms with Crippen LogP contribution in [-0.2, 0) is 0 Å². The van der Waals surface area contributed by atoms with Gasteiger partial charge in [0.15, 0.2) is 0 Å². The Morgan fingerprint density at radius 1 is 1.60 bits per heavy atom. The first-order chi connectivity index (χ1) is 4.84. The Morgan fingerprint density at radius 3 is 2.90 bits per heavy atom. The number of aliphatic hydroxyl groups is 1. The van der Waals surface area contributed by atoms with Crippen molar-refractivity contribution in [2.75, 3.05) is 6.54 Å². The van der Waals surface area contributed by atoms with Gasteiger partial charge in [-0.05, 0) is 19.3 Å². The van der Waals surface area contributed by atoms with Gasteiger partial charge in [0.25, 0.3) is 0 Å². The highest BCUT2D eigenvalue weighted by atomic mass is 16.3. The van der Waals surface area contributed by atoms with Gasteiger partial charge < -0.3 is 10.4 Å². The standard InChI is InChI=1S/C8H15NO/c1-2-8(10)7-5-3-4-6-9-7/h9-10H,2-6H2,1H3/b8-7-. The van der Waals surface area contributed by atoms with Gasteiger partial charge in [-0.15, -0.1) is 0 Å². The lowest BCUT2D eigenvalue weighted by Crippen LogP contribution is -2.21. The Balaban J connectivity index is 2.51. The maximum absolute atomic E-state index is 9.30. The third kappa shape index (κ3) is 1.66. The third-order valence-electron chi connectivity index (χ3n) is 1.88. The van der Waals surface area contributed by atoms with E-state index in [1.807, 2.05) is 6.92 Å². The number of piperidine rings is 1. The predicted octanol–water partition coefficient (Wildman–Crippen LogP) is 1.94. The van der Waals surface area contributed by atoms with E-state index in [1.165, 1.54) is 12.8 Å². The van der Waals surface area contributed by atoms with Gasteiger partial charge in [-0.1, -0.05) is 6.92 Å². The fourth-order valence-electron chi connectivity index (χ4n) is 1.21. The Kier molecular flexibility index (Phi) is 2.60. The largest absolute Gasteiger partial charge is 0.511 e. The molecule has 1 aliphatic heterocycles. The number of hydrogen-bond acceptors (Lipinski definition) is 2. The topological polar surface area (TPSA) is 32.3 Å². The van der Waals surface area contributed by atoms with Crippen LogP contribution in [0.2, 0.25) is 0 Å². The van der Waals surface area contributed by atoms with Crippen molar-refractivity contribution in [3.05, 3.63) is 11.5 Å². The minimum Gasteiger partial charge on any atom is -0.511 e. The van der Waals surface area contributed by atoms with Crippen LogP contribution in [0.1, 0.15) is 32.6 Å². The van der Waals surface area contributed by atoms with Crippen molar-refractivity contribution >= 4 is 0 Å². The summed E-state index contributed by atoms with van der Waals surface area (Å²) in [6.07, 6.45) is 4.23. The zero-order chi connectivity index (χ0) is 7.40. The maximum atomic E-state index is 9.30. The molecule has 0 amide bonds. The van der Waals surface area contributed by atoms with Crippen LogP contribution in [0.3, 0.4) is 0 Å². The van der Waals surface area contributed by atoms with Crippen LogP contribution in [0.15, 0.2) is 11.5 Å². The van der Waals surface area contributed by atoms with E-state index >= 15 is 0 Å². The third-order valence-corrected chi connectivity index (χ3v) is 1.88. The second-order valence-electron chi connectivity index (χ2n) is 2.66. The molecule has 10 heavy (non-hydrogen) atoms. The molecule has 0 radical (unpaired) electrons. The lowest BCUT2D eigenvalue weighted by atomic mass is 10.1. The monoisotopic (exact) mass is 141 g/mol. The number of hydrogen-bond donors (Lipinski definition) is 2. The van der Waals surface area contributed by atoms with Crippen LogP contribution in [0.25, 0.3) is 0 Å². The molecular weight excluding hydrogens is 126 g/mol. The molecular formula is C8H15NO. The Labute approximate surface area is 61.9 Å². The predicted molar refractivity (Wildman–Crippen MR) is 41.8 cm³/mol. The molecule has 1 heterocycles. The molecule has 0 unspecified atom stereocenters. The van der Waals surface area contributed by atoms with Crippen molar-refractivity contribution in [2.24, 2.45) is 0 Å². The first-order valence-corrected chi connectivity index (χ1v) is 3.99. The zero-order valence-corrected chi connectivity index (χ0v) is 6.48. The van der Waals surface area contributed by atoms with Crippen molar-refractivity contribution in [3.63, 3.8) is 0 Å². The van der Waals surface area contributed by atoms with Crippen molar-refractivity contribution in [1.82, 2.24) is 5.32 Å². The summed E-state index contributed by atoms with van der Waals surface area (Å²) in [5, 5.41) is 12.5. The molecule has 1 fully saturated rings. The van der Waals surface area contributed by atoms with Gasteiger partial charge in [-0.2, -0.15) is 0 Å². The molecule has 1 aliphatic rings. The molecule has 1 rings (SSSR count). The van der Waals surface area contributed by atoms with E-state index in [1.54, 1.807) is 0 Å². The van der Waals surface area contributed by atoms with Crippen LogP contribution in [0.5, 0.6) is 0 Å². The summed E-state index contributed by atoms with van der Waals surface area (Å²) in [4.78, 5) is 0. The number of aliphatic hydroxyl groups excluding tert-OH is 1. The van der Waals surface area contributed by atoms with Gasteiger partial charge in [0, 0.05) is 18.7 Å². The number of rotatable bonds is 1. The second-order valence-corrected chi connectivity index (χ2v) is 2.66. The van der Waals surface area contributed by atoms with E-state index in [4.69, 9.17) is 0 Å². The summed E-state index contributed by atoms with van der Waals surface area (Å²) in [7, 11) is 0. The molecule has 0 atom stereocenters. The smallest absolute Gasteiger partial charge is 0.111 e. The summed E-state index contributed by atoms with van der Waals surface area (Å²) in [5.41, 5.74) is 1.06. The summed E-state index contributed by atoms with van der Waals surface area (Å²) >= 11 is 0. The number of nitrogens with one attached hydrogen (secondary N) is 1. The fourth-order valence-corrected chi connectivity index (χ4v) is 1.21. The lowest BCUT2D eigenvalue weighted by Gasteiger charge is -2.17. The van der Waals surface area contributed by atoms with Crippen LogP contribution < -0.4 is 5.32 Å². The summed E-state index contributed by atoms with van der Waals surface area (Å²) in [6.45, 7) is 3.00. The highest BCUT2D eigenvalue weighted by molar-refractivity contribution is 5.06. The van der Waals surface area contributed by atoms with Gasteiger partial charge in [-0.25, -0.2) is 0 Å². The summed E-state index contributed by atoms with van der Waals surface area (Å²) in [6, 6.07) is 0. The Bertz CT molecular complexity index is 132. The van der Waals surface area contributed by atoms with Gasteiger partial charge in [0.2, 0.25) is 0 Å². The molecule has 58 valence electrons. The summed E-state index contributed by atoms with van der Waals surface area (Å²) in [5.74, 6) is 0.541. The first kappa shape index (κ1) is 7.45. The average molecular weight is 141 g/mol. The highest BCUT2D eigenvalue weighted by Crippen LogP contribution is 2.14. The van der Waals surface area contributed by atoms with E-state index in [9.17, 15) is 5.11 Å². The molecule has 2 heteroatoms. The molecule has 0 aromatic carbocycles. The van der Waals surface area contributed by atoms with Crippen molar-refractivity contribution in [3.8, 4) is 0 Å². The number of allylic oxidation sites excluding steroid dienone is 2. The van der Waals surface area contributed by atoms with Crippen LogP contribution in [0, 0.1) is 0 Å². The highest BCUT2D eigenvalue weighted by Gasteiger charge is 2.07. The zero-order valence-electron chi connectivity index (χ0n) is 6.48. The van der Waals surface area contributed by atoms with Crippen LogP contribution in [-0.4, -0.2) is 11.7 Å². The van der Waals surface area contributed by atoms with E-state index in [-0.39, 0.29) is 0 Å². The SMILES string of the molecule is CC/C(O)=C1\CCCCN1. The Morgan fingerprint density at radius 2 is 2.40 bits per heavy atom. The van der Waals surface area contributed by atoms with Gasteiger partial charge >= 0.3 is 0 Å². The second kappa shape index (κ2) is 3.49. The quantitative estimate of drug-likeness (QED) is 0.547. The minimum absolute atomic E-state index is 0.541. The molecule has 2 N–H and O–H groups in total. The van der Waals surface area contributed by atoms with E-state index in [2.05, 4.69) is 5.32 Å². The first-order valence-electron chi connectivity index (χ1n) is 3.99. The van der Waals surface area contributed by atoms with Crippen LogP contribution in [0.4, 0.5) is 0 Å². The molecule has 1 saturated heterocycles. The molecule has 0 bridgehead atoms. The Hall–Kier alpha value is -0.660. The van der Waals surface area contributed by atoms with Gasteiger partial charge in [-0.3, -0.25) is 0 Å². The lowest BCUT2D eigenvalue weighted by molar-refractivity contribution is 0.370. The van der Waals surface area contributed by atoms with E-state index < -0.39 is 0 Å². The fraction of sp³-hybridized carbons (Fsp3) is 0.750. The molecule has 0 spiro atoms. The van der Waals surface area contributed by atoms with Gasteiger partial charge in [0.1, 0.15) is 5.76 Å². The van der Waals surface area contributed by atoms with E-state index in [0.29, 0.717) is 5.76 Å². The van der Waals surface area contributed by atoms with E-state index in [0.717, 1.165) is 25.1 Å². The normalized spacial score (nSPS) is 23.7. The molecule has 0 aromatic heterocycles. The molecule has 2 nitrogen and oxygen atoms in total. The van der Waals surface area contributed by atoms with Gasteiger partial charge in [0.05, 0.1) is 0 Å². The average Bonchev–Trinajstić information content (AvgIpc) is 2.05. The minimum atomic E-state index is 0.541. The van der Waals surface area contributed by atoms with Crippen molar-refractivity contribution < 1.29 is 5.11 Å². The summed E-state index contributed by atoms with van der Waals surface area (Å²) < 4.78 is 0. The molecule has 0 aromatic rings.